The minimum absolute atomic E-state index is 0.0477. The first-order valence-corrected chi connectivity index (χ1v) is 7.75. The third-order valence-corrected chi connectivity index (χ3v) is 5.09. The maximum atomic E-state index is 12.8. The third kappa shape index (κ3) is 2.04. The molecule has 1 heterocycles. The lowest BCUT2D eigenvalue weighted by Gasteiger charge is -2.30. The lowest BCUT2D eigenvalue weighted by Crippen LogP contribution is -2.37. The molecule has 5 heteroatoms. The molecular formula is C15H17BrN2O2. The summed E-state index contributed by atoms with van der Waals surface area (Å²) in [4.78, 5) is 26.5. The lowest BCUT2D eigenvalue weighted by molar-refractivity contribution is -0.127. The van der Waals surface area contributed by atoms with Crippen molar-refractivity contribution in [3.63, 3.8) is 0 Å². The number of carbonyl (C=O) groups is 2. The number of nitrogens with zero attached hydrogens (tertiary/aromatic N) is 1. The number of rotatable bonds is 1. The van der Waals surface area contributed by atoms with Crippen molar-refractivity contribution < 1.29 is 9.59 Å². The topological polar surface area (TPSA) is 63.4 Å². The molecule has 4 nitrogen and oxygen atoms in total. The summed E-state index contributed by atoms with van der Waals surface area (Å²) in [6, 6.07) is 5.20. The molecule has 1 saturated heterocycles. The van der Waals surface area contributed by atoms with Crippen molar-refractivity contribution in [2.24, 2.45) is 5.41 Å². The van der Waals surface area contributed by atoms with Crippen LogP contribution in [-0.2, 0) is 9.59 Å². The van der Waals surface area contributed by atoms with Crippen LogP contribution in [-0.4, -0.2) is 11.8 Å². The molecule has 1 aliphatic heterocycles. The van der Waals surface area contributed by atoms with Gasteiger partial charge in [0.15, 0.2) is 0 Å². The molecule has 1 aromatic rings. The normalized spacial score (nSPS) is 21.8. The second kappa shape index (κ2) is 4.88. The predicted molar refractivity (Wildman–Crippen MR) is 81.2 cm³/mol. The summed E-state index contributed by atoms with van der Waals surface area (Å²) < 4.78 is 0.723. The summed E-state index contributed by atoms with van der Waals surface area (Å²) in [5, 5.41) is 0. The van der Waals surface area contributed by atoms with Gasteiger partial charge in [-0.3, -0.25) is 9.59 Å². The minimum atomic E-state index is -0.459. The van der Waals surface area contributed by atoms with Crippen LogP contribution < -0.4 is 10.6 Å². The maximum Gasteiger partial charge on any atom is 0.240 e. The molecule has 2 N–H and O–H groups in total. The Kier molecular flexibility index (Phi) is 3.32. The minimum Gasteiger partial charge on any atom is -0.399 e. The SMILES string of the molecule is Nc1ccc(Br)c(N2C(=O)CC3(CCCCC3)C2=O)c1. The second-order valence-electron chi connectivity index (χ2n) is 5.76. The van der Waals surface area contributed by atoms with E-state index >= 15 is 0 Å². The molecule has 3 rings (SSSR count). The highest BCUT2D eigenvalue weighted by atomic mass is 79.9. The first kappa shape index (κ1) is 13.6. The van der Waals surface area contributed by atoms with Crippen LogP contribution in [0.15, 0.2) is 22.7 Å². The number of carbonyl (C=O) groups excluding carboxylic acids is 2. The van der Waals surface area contributed by atoms with Gasteiger partial charge in [-0.1, -0.05) is 19.3 Å². The average Bonchev–Trinajstić information content (AvgIpc) is 2.65. The zero-order chi connectivity index (χ0) is 14.3. The quantitative estimate of drug-likeness (QED) is 0.632. The van der Waals surface area contributed by atoms with Gasteiger partial charge < -0.3 is 5.73 Å². The number of benzene rings is 1. The Morgan fingerprint density at radius 2 is 1.85 bits per heavy atom. The molecule has 2 amide bonds. The van der Waals surface area contributed by atoms with Crippen molar-refractivity contribution in [2.75, 3.05) is 10.6 Å². The number of halogens is 1. The summed E-state index contributed by atoms with van der Waals surface area (Å²) in [5.41, 5.74) is 6.45. The van der Waals surface area contributed by atoms with Gasteiger partial charge in [-0.25, -0.2) is 4.90 Å². The van der Waals surface area contributed by atoms with Crippen LogP contribution in [0.3, 0.4) is 0 Å². The van der Waals surface area contributed by atoms with E-state index in [1.165, 1.54) is 4.90 Å². The van der Waals surface area contributed by atoms with Crippen LogP contribution in [0, 0.1) is 5.41 Å². The Morgan fingerprint density at radius 3 is 2.55 bits per heavy atom. The van der Waals surface area contributed by atoms with E-state index in [-0.39, 0.29) is 11.8 Å². The second-order valence-corrected chi connectivity index (χ2v) is 6.62. The van der Waals surface area contributed by atoms with Gasteiger partial charge in [-0.2, -0.15) is 0 Å². The number of anilines is 2. The van der Waals surface area contributed by atoms with Crippen LogP contribution in [0.5, 0.6) is 0 Å². The average molecular weight is 337 g/mol. The zero-order valence-corrected chi connectivity index (χ0v) is 12.8. The van der Waals surface area contributed by atoms with Gasteiger partial charge in [0.05, 0.1) is 11.1 Å². The molecule has 0 unspecified atom stereocenters. The first-order chi connectivity index (χ1) is 9.53. The van der Waals surface area contributed by atoms with Crippen LogP contribution in [0.4, 0.5) is 11.4 Å². The fourth-order valence-electron chi connectivity index (χ4n) is 3.36. The highest BCUT2D eigenvalue weighted by molar-refractivity contribution is 9.10. The van der Waals surface area contributed by atoms with Crippen LogP contribution in [0.25, 0.3) is 0 Å². The number of amides is 2. The van der Waals surface area contributed by atoms with Crippen molar-refractivity contribution in [3.05, 3.63) is 22.7 Å². The van der Waals surface area contributed by atoms with Crippen LogP contribution in [0.2, 0.25) is 0 Å². The van der Waals surface area contributed by atoms with E-state index in [4.69, 9.17) is 5.73 Å². The van der Waals surface area contributed by atoms with E-state index in [1.54, 1.807) is 18.2 Å². The van der Waals surface area contributed by atoms with Crippen molar-refractivity contribution >= 4 is 39.1 Å². The van der Waals surface area contributed by atoms with Gasteiger partial charge in [0.1, 0.15) is 0 Å². The van der Waals surface area contributed by atoms with Gasteiger partial charge in [-0.15, -0.1) is 0 Å². The molecule has 1 spiro atoms. The van der Waals surface area contributed by atoms with Crippen molar-refractivity contribution in [1.82, 2.24) is 0 Å². The Bertz CT molecular complexity index is 579. The first-order valence-electron chi connectivity index (χ1n) is 6.96. The summed E-state index contributed by atoms with van der Waals surface area (Å²) >= 11 is 3.41. The fourth-order valence-corrected chi connectivity index (χ4v) is 3.78. The highest BCUT2D eigenvalue weighted by Gasteiger charge is 2.52. The van der Waals surface area contributed by atoms with Crippen molar-refractivity contribution in [1.29, 1.82) is 0 Å². The van der Waals surface area contributed by atoms with Gasteiger partial charge in [0.2, 0.25) is 11.8 Å². The number of hydrogen-bond donors (Lipinski definition) is 1. The number of hydrogen-bond acceptors (Lipinski definition) is 3. The summed E-state index contributed by atoms with van der Waals surface area (Å²) in [6.45, 7) is 0. The van der Waals surface area contributed by atoms with E-state index in [0.717, 1.165) is 36.6 Å². The summed E-state index contributed by atoms with van der Waals surface area (Å²) in [5.74, 6) is -0.156. The number of imide groups is 1. The number of nitrogen functional groups attached to an aromatic ring is 1. The molecule has 2 fully saturated rings. The van der Waals surface area contributed by atoms with Gasteiger partial charge in [-0.05, 0) is 47.0 Å². The Labute approximate surface area is 126 Å². The van der Waals surface area contributed by atoms with E-state index in [2.05, 4.69) is 15.9 Å². The van der Waals surface area contributed by atoms with Gasteiger partial charge >= 0.3 is 0 Å². The molecular weight excluding hydrogens is 320 g/mol. The molecule has 20 heavy (non-hydrogen) atoms. The largest absolute Gasteiger partial charge is 0.399 e. The standard InChI is InChI=1S/C15H17BrN2O2/c16-11-5-4-10(17)8-12(11)18-13(19)9-15(14(18)20)6-2-1-3-7-15/h4-5,8H,1-3,6-7,9,17H2. The van der Waals surface area contributed by atoms with E-state index in [9.17, 15) is 9.59 Å². The monoisotopic (exact) mass is 336 g/mol. The van der Waals surface area contributed by atoms with E-state index < -0.39 is 5.41 Å². The van der Waals surface area contributed by atoms with Crippen LogP contribution in [0.1, 0.15) is 38.5 Å². The lowest BCUT2D eigenvalue weighted by atomic mass is 9.73. The van der Waals surface area contributed by atoms with Crippen molar-refractivity contribution in [2.45, 2.75) is 38.5 Å². The summed E-state index contributed by atoms with van der Waals surface area (Å²) in [7, 11) is 0. The molecule has 1 saturated carbocycles. The highest BCUT2D eigenvalue weighted by Crippen LogP contribution is 2.47. The molecule has 0 aromatic heterocycles. The van der Waals surface area contributed by atoms with E-state index in [1.807, 2.05) is 0 Å². The molecule has 2 aliphatic rings. The summed E-state index contributed by atoms with van der Waals surface area (Å²) in [6.07, 6.45) is 5.22. The number of nitrogens with two attached hydrogens (primary N) is 1. The Morgan fingerprint density at radius 1 is 1.15 bits per heavy atom. The Hall–Kier alpha value is -1.36. The predicted octanol–water partition coefficient (Wildman–Crippen LogP) is 3.25. The Balaban J connectivity index is 2.00. The fraction of sp³-hybridized carbons (Fsp3) is 0.467. The van der Waals surface area contributed by atoms with Crippen LogP contribution >= 0.6 is 15.9 Å². The molecule has 106 valence electrons. The maximum absolute atomic E-state index is 12.8. The van der Waals surface area contributed by atoms with Crippen molar-refractivity contribution in [3.8, 4) is 0 Å². The third-order valence-electron chi connectivity index (χ3n) is 4.42. The molecule has 0 bridgehead atoms. The molecule has 0 atom stereocenters. The smallest absolute Gasteiger partial charge is 0.240 e. The molecule has 0 radical (unpaired) electrons. The van der Waals surface area contributed by atoms with Gasteiger partial charge in [0, 0.05) is 16.6 Å². The van der Waals surface area contributed by atoms with E-state index in [0.29, 0.717) is 17.8 Å². The van der Waals surface area contributed by atoms with Gasteiger partial charge in [0.25, 0.3) is 0 Å². The molecule has 1 aliphatic carbocycles. The zero-order valence-electron chi connectivity index (χ0n) is 11.2. The molecule has 1 aromatic carbocycles.